The smallest absolute Gasteiger partial charge is 0.283 e. The van der Waals surface area contributed by atoms with Crippen LogP contribution >= 0.6 is 0 Å². The van der Waals surface area contributed by atoms with Crippen LogP contribution in [-0.2, 0) is 28.3 Å². The monoisotopic (exact) mass is 597 g/mol. The van der Waals surface area contributed by atoms with E-state index in [1.165, 1.54) is 42.2 Å². The average Bonchev–Trinajstić information content (AvgIpc) is 2.90. The van der Waals surface area contributed by atoms with Gasteiger partial charge in [0.1, 0.15) is 17.1 Å². The van der Waals surface area contributed by atoms with E-state index in [4.69, 9.17) is 10.9 Å². The van der Waals surface area contributed by atoms with Gasteiger partial charge in [-0.05, 0) is 30.2 Å². The van der Waals surface area contributed by atoms with Crippen molar-refractivity contribution in [2.75, 3.05) is 26.2 Å². The number of aryl methyl sites for hydroxylation is 1. The van der Waals surface area contributed by atoms with Crippen molar-refractivity contribution in [3.05, 3.63) is 98.3 Å². The van der Waals surface area contributed by atoms with E-state index >= 15 is 0 Å². The Balaban J connectivity index is 0.000000559. The number of aromatic nitrogens is 2. The van der Waals surface area contributed by atoms with Crippen molar-refractivity contribution in [3.8, 4) is 5.75 Å². The van der Waals surface area contributed by atoms with Crippen molar-refractivity contribution in [2.24, 2.45) is 5.73 Å². The molecule has 13 nitrogen and oxygen atoms in total. The first-order valence-electron chi connectivity index (χ1n) is 11.9. The first kappa shape index (κ1) is 33.6. The number of rotatable bonds is 10. The van der Waals surface area contributed by atoms with Gasteiger partial charge in [-0.15, -0.1) is 9.46 Å². The van der Waals surface area contributed by atoms with Gasteiger partial charge in [-0.25, -0.2) is 0 Å². The van der Waals surface area contributed by atoms with Gasteiger partial charge in [-0.3, -0.25) is 24.0 Å². The number of pyridine rings is 2. The van der Waals surface area contributed by atoms with Gasteiger partial charge < -0.3 is 31.5 Å². The number of carbonyl (C=O) groups is 3. The van der Waals surface area contributed by atoms with Gasteiger partial charge in [0.15, 0.2) is 5.78 Å². The Bertz CT molecular complexity index is 1420. The van der Waals surface area contributed by atoms with Crippen LogP contribution in [0.25, 0.3) is 0 Å². The van der Waals surface area contributed by atoms with E-state index < -0.39 is 17.0 Å². The van der Waals surface area contributed by atoms with Crippen LogP contribution in [0.3, 0.4) is 0 Å². The number of Topliss-reactive ketones (excluding diaryl/α,β-unsaturated/α-hetero) is 1. The molecule has 0 aliphatic rings. The summed E-state index contributed by atoms with van der Waals surface area (Å²) in [6.07, 6.45) is 0.583. The molecule has 40 heavy (non-hydrogen) atoms. The van der Waals surface area contributed by atoms with Crippen LogP contribution in [0.15, 0.2) is 70.3 Å². The van der Waals surface area contributed by atoms with E-state index in [9.17, 15) is 34.3 Å². The molecule has 1 aromatic carbocycles. The second-order valence-electron chi connectivity index (χ2n) is 8.23. The number of nitrogens with two attached hydrogens (primary N) is 1. The SMILES string of the molecule is CC(=O)c1cccc(=O)n1O.NCCN(CCNC(=O)c1cccc(=O)n1O)C(=O)CCc1ccccc1O.[Fe]. The molecule has 2 amide bonds. The molecular formula is C26H31FeN5O8. The third-order valence-electron chi connectivity index (χ3n) is 5.47. The third-order valence-corrected chi connectivity index (χ3v) is 5.47. The van der Waals surface area contributed by atoms with Crippen molar-refractivity contribution in [1.82, 2.24) is 19.7 Å². The van der Waals surface area contributed by atoms with Gasteiger partial charge in [-0.1, -0.05) is 30.3 Å². The molecule has 2 heterocycles. The van der Waals surface area contributed by atoms with Crippen LogP contribution in [0.2, 0.25) is 0 Å². The summed E-state index contributed by atoms with van der Waals surface area (Å²) < 4.78 is 0.604. The van der Waals surface area contributed by atoms with Crippen LogP contribution in [-0.4, -0.2) is 73.7 Å². The second-order valence-corrected chi connectivity index (χ2v) is 8.23. The molecule has 6 N–H and O–H groups in total. The maximum atomic E-state index is 12.5. The number of benzene rings is 1. The van der Waals surface area contributed by atoms with Gasteiger partial charge in [0.2, 0.25) is 5.91 Å². The van der Waals surface area contributed by atoms with Crippen molar-refractivity contribution < 1.29 is 47.0 Å². The number of phenols is 1. The molecule has 0 radical (unpaired) electrons. The predicted molar refractivity (Wildman–Crippen MR) is 140 cm³/mol. The van der Waals surface area contributed by atoms with Gasteiger partial charge >= 0.3 is 0 Å². The van der Waals surface area contributed by atoms with E-state index in [1.54, 1.807) is 24.3 Å². The number of hydrogen-bond donors (Lipinski definition) is 5. The summed E-state index contributed by atoms with van der Waals surface area (Å²) in [6.45, 7) is 2.23. The summed E-state index contributed by atoms with van der Waals surface area (Å²) in [5.41, 5.74) is 4.74. The summed E-state index contributed by atoms with van der Waals surface area (Å²) in [5.74, 6) is -0.979. The molecule has 0 spiro atoms. The van der Waals surface area contributed by atoms with Crippen LogP contribution in [0.1, 0.15) is 39.9 Å². The van der Waals surface area contributed by atoms with E-state index in [1.807, 2.05) is 0 Å². The summed E-state index contributed by atoms with van der Waals surface area (Å²) in [7, 11) is 0. The van der Waals surface area contributed by atoms with Crippen molar-refractivity contribution in [1.29, 1.82) is 0 Å². The zero-order valence-corrected chi connectivity index (χ0v) is 22.8. The molecule has 3 rings (SSSR count). The Morgan fingerprint density at radius 2 is 1.45 bits per heavy atom. The van der Waals surface area contributed by atoms with E-state index in [0.717, 1.165) is 6.07 Å². The Labute approximate surface area is 239 Å². The number of hydrogen-bond acceptors (Lipinski definition) is 9. The first-order valence-corrected chi connectivity index (χ1v) is 11.9. The molecule has 2 aromatic heterocycles. The molecule has 0 unspecified atom stereocenters. The molecule has 0 atom stereocenters. The van der Waals surface area contributed by atoms with Crippen LogP contribution in [0.4, 0.5) is 0 Å². The fourth-order valence-corrected chi connectivity index (χ4v) is 3.44. The number of nitrogens with zero attached hydrogens (tertiary/aromatic N) is 3. The Hall–Kier alpha value is -4.39. The maximum Gasteiger partial charge on any atom is 0.283 e. The summed E-state index contributed by atoms with van der Waals surface area (Å²) >= 11 is 0. The number of carbonyl (C=O) groups excluding carboxylic acids is 3. The third kappa shape index (κ3) is 9.73. The minimum absolute atomic E-state index is 0. The molecule has 0 saturated heterocycles. The Morgan fingerprint density at radius 3 is 2.00 bits per heavy atom. The first-order chi connectivity index (χ1) is 18.6. The van der Waals surface area contributed by atoms with Gasteiger partial charge in [0.05, 0.1) is 0 Å². The standard InChI is InChI=1S/C19H24N4O5.C7H7NO3.Fe/c20-10-12-22(17(25)9-8-14-4-1-2-6-16(14)24)13-11-21-19(27)15-5-3-7-18(26)23(15)28;1-5(9)6-3-2-4-7(10)8(6)11;/h1-7,24,28H,8-13,20H2,(H,21,27);2-4,11H,1H3;. The Kier molecular flexibility index (Phi) is 13.9. The number of para-hydroxylation sites is 1. The largest absolute Gasteiger partial charge is 0.508 e. The molecular weight excluding hydrogens is 566 g/mol. The van der Waals surface area contributed by atoms with Crippen molar-refractivity contribution >= 4 is 17.6 Å². The van der Waals surface area contributed by atoms with E-state index in [-0.39, 0.29) is 76.7 Å². The van der Waals surface area contributed by atoms with E-state index in [0.29, 0.717) is 23.3 Å². The quantitative estimate of drug-likeness (QED) is 0.123. The van der Waals surface area contributed by atoms with Gasteiger partial charge in [0.25, 0.3) is 17.0 Å². The van der Waals surface area contributed by atoms with E-state index in [2.05, 4.69) is 5.32 Å². The number of amides is 2. The minimum Gasteiger partial charge on any atom is -0.508 e. The van der Waals surface area contributed by atoms with Crippen molar-refractivity contribution in [3.63, 3.8) is 0 Å². The fraction of sp³-hybridized carbons (Fsp3) is 0.269. The second kappa shape index (κ2) is 16.5. The maximum absolute atomic E-state index is 12.5. The fourth-order valence-electron chi connectivity index (χ4n) is 3.44. The van der Waals surface area contributed by atoms with Gasteiger partial charge in [0, 0.05) is 68.7 Å². The normalized spacial score (nSPS) is 9.95. The minimum atomic E-state index is -0.711. The molecule has 0 bridgehead atoms. The van der Waals surface area contributed by atoms with Gasteiger partial charge in [-0.2, -0.15) is 0 Å². The average molecular weight is 597 g/mol. The molecule has 14 heteroatoms. The molecule has 0 fully saturated rings. The molecule has 216 valence electrons. The number of nitrogens with one attached hydrogen (secondary N) is 1. The zero-order valence-electron chi connectivity index (χ0n) is 21.7. The van der Waals surface area contributed by atoms with Crippen LogP contribution in [0.5, 0.6) is 5.75 Å². The van der Waals surface area contributed by atoms with Crippen LogP contribution < -0.4 is 22.2 Å². The molecule has 0 aliphatic carbocycles. The molecule has 0 saturated carbocycles. The van der Waals surface area contributed by atoms with Crippen molar-refractivity contribution in [2.45, 2.75) is 19.8 Å². The summed E-state index contributed by atoms with van der Waals surface area (Å²) in [4.78, 5) is 58.8. The van der Waals surface area contributed by atoms with Crippen LogP contribution in [0, 0.1) is 0 Å². The summed E-state index contributed by atoms with van der Waals surface area (Å²) in [5, 5.41) is 30.9. The molecule has 3 aromatic rings. The topological polar surface area (TPSA) is 197 Å². The number of ketones is 1. The summed E-state index contributed by atoms with van der Waals surface area (Å²) in [6, 6.07) is 14.6. The Morgan fingerprint density at radius 1 is 0.875 bits per heavy atom. The number of aromatic hydroxyl groups is 1. The molecule has 0 aliphatic heterocycles. The zero-order chi connectivity index (χ0) is 28.9. The predicted octanol–water partition coefficient (Wildman–Crippen LogP) is 0.227. The number of phenolic OH excluding ortho intramolecular Hbond substituents is 1.